The minimum atomic E-state index is -0.503. The molecule has 0 amide bonds. The Morgan fingerprint density at radius 1 is 0.842 bits per heavy atom. The van der Waals surface area contributed by atoms with Crippen LogP contribution in [0.4, 0.5) is 0 Å². The highest BCUT2D eigenvalue weighted by Gasteiger charge is 2.28. The van der Waals surface area contributed by atoms with E-state index in [1.807, 2.05) is 24.3 Å². The molecule has 0 aromatic heterocycles. The van der Waals surface area contributed by atoms with Crippen LogP contribution in [0.2, 0.25) is 0 Å². The number of aliphatic hydroxyl groups excluding tert-OH is 1. The molecule has 4 rings (SSSR count). The van der Waals surface area contributed by atoms with Gasteiger partial charge in [0.2, 0.25) is 0 Å². The van der Waals surface area contributed by atoms with Gasteiger partial charge in [-0.25, -0.2) is 0 Å². The molecular formula is C18H14O. The van der Waals surface area contributed by atoms with Crippen molar-refractivity contribution in [3.8, 4) is 11.1 Å². The summed E-state index contributed by atoms with van der Waals surface area (Å²) in [5.74, 6) is 0. The van der Waals surface area contributed by atoms with E-state index in [2.05, 4.69) is 37.3 Å². The molecule has 1 N–H and O–H groups in total. The smallest absolute Gasteiger partial charge is 0.106 e. The van der Waals surface area contributed by atoms with E-state index in [1.54, 1.807) is 0 Å². The van der Waals surface area contributed by atoms with Gasteiger partial charge < -0.3 is 5.11 Å². The number of aliphatic hydroxyl groups is 1. The molecule has 0 unspecified atom stereocenters. The zero-order chi connectivity index (χ0) is 13.0. The molecule has 1 aliphatic rings. The van der Waals surface area contributed by atoms with Gasteiger partial charge >= 0.3 is 0 Å². The van der Waals surface area contributed by atoms with Crippen LogP contribution >= 0.6 is 0 Å². The maximum absolute atomic E-state index is 10.6. The van der Waals surface area contributed by atoms with Crippen molar-refractivity contribution in [2.45, 2.75) is 13.0 Å². The zero-order valence-corrected chi connectivity index (χ0v) is 10.7. The molecule has 3 aromatic rings. The normalized spacial score (nSPS) is 16.4. The SMILES string of the molecule is Cc1cc2c(c3ccccc13)[C@@H](O)c1ccccc1-2. The summed E-state index contributed by atoms with van der Waals surface area (Å²) in [6.45, 7) is 2.13. The largest absolute Gasteiger partial charge is 0.384 e. The Balaban J connectivity index is 2.18. The van der Waals surface area contributed by atoms with Crippen molar-refractivity contribution in [3.63, 3.8) is 0 Å². The Bertz CT molecular complexity index is 802. The Morgan fingerprint density at radius 2 is 1.53 bits per heavy atom. The third kappa shape index (κ3) is 1.33. The van der Waals surface area contributed by atoms with Crippen molar-refractivity contribution in [1.82, 2.24) is 0 Å². The van der Waals surface area contributed by atoms with E-state index >= 15 is 0 Å². The summed E-state index contributed by atoms with van der Waals surface area (Å²) in [7, 11) is 0. The minimum Gasteiger partial charge on any atom is -0.384 e. The quantitative estimate of drug-likeness (QED) is 0.630. The number of benzene rings is 3. The van der Waals surface area contributed by atoms with Gasteiger partial charge in [0, 0.05) is 5.56 Å². The van der Waals surface area contributed by atoms with Crippen molar-refractivity contribution in [2.75, 3.05) is 0 Å². The summed E-state index contributed by atoms with van der Waals surface area (Å²) in [5, 5.41) is 13.0. The standard InChI is InChI=1S/C18H14O/c1-11-10-16-13-7-3-5-9-15(13)18(19)17(16)14-8-4-2-6-12(11)14/h2-10,18-19H,1H3/t18-/m0/s1. The summed E-state index contributed by atoms with van der Waals surface area (Å²) >= 11 is 0. The van der Waals surface area contributed by atoms with Crippen molar-refractivity contribution in [3.05, 3.63) is 71.3 Å². The summed E-state index contributed by atoms with van der Waals surface area (Å²) in [6.07, 6.45) is -0.503. The Labute approximate surface area is 112 Å². The van der Waals surface area contributed by atoms with Gasteiger partial charge in [-0.3, -0.25) is 0 Å². The lowest BCUT2D eigenvalue weighted by atomic mass is 9.95. The Morgan fingerprint density at radius 3 is 2.37 bits per heavy atom. The van der Waals surface area contributed by atoms with E-state index in [1.165, 1.54) is 27.5 Å². The average Bonchev–Trinajstić information content (AvgIpc) is 2.73. The monoisotopic (exact) mass is 246 g/mol. The lowest BCUT2D eigenvalue weighted by Crippen LogP contribution is -1.95. The minimum absolute atomic E-state index is 0.503. The number of hydrogen-bond acceptors (Lipinski definition) is 1. The van der Waals surface area contributed by atoms with Gasteiger partial charge in [-0.05, 0) is 39.9 Å². The van der Waals surface area contributed by atoms with Crippen LogP contribution < -0.4 is 0 Å². The third-order valence-corrected chi connectivity index (χ3v) is 4.11. The van der Waals surface area contributed by atoms with Crippen LogP contribution in [0.25, 0.3) is 21.9 Å². The van der Waals surface area contributed by atoms with E-state index in [4.69, 9.17) is 0 Å². The van der Waals surface area contributed by atoms with Crippen LogP contribution in [0.15, 0.2) is 54.6 Å². The predicted molar refractivity (Wildman–Crippen MR) is 78.2 cm³/mol. The summed E-state index contributed by atoms with van der Waals surface area (Å²) in [4.78, 5) is 0. The highest BCUT2D eigenvalue weighted by Crippen LogP contribution is 2.47. The molecule has 1 aliphatic carbocycles. The van der Waals surface area contributed by atoms with Gasteiger partial charge in [0.05, 0.1) is 0 Å². The fraction of sp³-hybridized carbons (Fsp3) is 0.111. The first-order chi connectivity index (χ1) is 9.27. The fourth-order valence-electron chi connectivity index (χ4n) is 3.23. The first kappa shape index (κ1) is 10.8. The molecule has 0 saturated heterocycles. The van der Waals surface area contributed by atoms with Gasteiger partial charge in [0.1, 0.15) is 6.10 Å². The summed E-state index contributed by atoms with van der Waals surface area (Å²) in [5.41, 5.74) is 5.69. The van der Waals surface area contributed by atoms with Gasteiger partial charge in [-0.1, -0.05) is 54.6 Å². The van der Waals surface area contributed by atoms with Crippen molar-refractivity contribution < 1.29 is 5.11 Å². The highest BCUT2D eigenvalue weighted by molar-refractivity contribution is 5.97. The summed E-state index contributed by atoms with van der Waals surface area (Å²) in [6, 6.07) is 18.7. The Kier molecular flexibility index (Phi) is 2.09. The van der Waals surface area contributed by atoms with Crippen LogP contribution in [0.1, 0.15) is 22.8 Å². The number of rotatable bonds is 0. The van der Waals surface area contributed by atoms with E-state index in [0.717, 1.165) is 11.1 Å². The molecule has 1 atom stereocenters. The molecule has 1 heteroatoms. The lowest BCUT2D eigenvalue weighted by Gasteiger charge is -2.11. The number of hydrogen-bond donors (Lipinski definition) is 1. The molecule has 0 spiro atoms. The second-order valence-corrected chi connectivity index (χ2v) is 5.19. The van der Waals surface area contributed by atoms with Gasteiger partial charge in [-0.2, -0.15) is 0 Å². The van der Waals surface area contributed by atoms with Crippen LogP contribution in [0, 0.1) is 6.92 Å². The summed E-state index contributed by atoms with van der Waals surface area (Å²) < 4.78 is 0. The van der Waals surface area contributed by atoms with Crippen LogP contribution in [-0.4, -0.2) is 5.11 Å². The van der Waals surface area contributed by atoms with Crippen molar-refractivity contribution >= 4 is 10.8 Å². The first-order valence-electron chi connectivity index (χ1n) is 6.57. The molecule has 3 aromatic carbocycles. The van der Waals surface area contributed by atoms with Gasteiger partial charge in [0.25, 0.3) is 0 Å². The average molecular weight is 246 g/mol. The molecule has 0 aliphatic heterocycles. The molecular weight excluding hydrogens is 232 g/mol. The van der Waals surface area contributed by atoms with Crippen molar-refractivity contribution in [1.29, 1.82) is 0 Å². The predicted octanol–water partition coefficient (Wildman–Crippen LogP) is 4.21. The van der Waals surface area contributed by atoms with Gasteiger partial charge in [0.15, 0.2) is 0 Å². The van der Waals surface area contributed by atoms with E-state index in [-0.39, 0.29) is 0 Å². The number of fused-ring (bicyclic) bond motifs is 5. The number of aryl methyl sites for hydroxylation is 1. The molecule has 0 bridgehead atoms. The molecule has 0 heterocycles. The first-order valence-corrected chi connectivity index (χ1v) is 6.57. The molecule has 0 radical (unpaired) electrons. The molecule has 1 nitrogen and oxygen atoms in total. The molecule has 19 heavy (non-hydrogen) atoms. The topological polar surface area (TPSA) is 20.2 Å². The van der Waals surface area contributed by atoms with E-state index < -0.39 is 6.10 Å². The Hall–Kier alpha value is -2.12. The second-order valence-electron chi connectivity index (χ2n) is 5.19. The molecule has 0 fully saturated rings. The van der Waals surface area contributed by atoms with Crippen LogP contribution in [0.3, 0.4) is 0 Å². The molecule has 92 valence electrons. The maximum atomic E-state index is 10.6. The van der Waals surface area contributed by atoms with Gasteiger partial charge in [-0.15, -0.1) is 0 Å². The second kappa shape index (κ2) is 3.69. The highest BCUT2D eigenvalue weighted by atomic mass is 16.3. The zero-order valence-electron chi connectivity index (χ0n) is 10.7. The van der Waals surface area contributed by atoms with E-state index in [0.29, 0.717) is 0 Å². The lowest BCUT2D eigenvalue weighted by molar-refractivity contribution is 0.226. The third-order valence-electron chi connectivity index (χ3n) is 4.11. The maximum Gasteiger partial charge on any atom is 0.106 e. The van der Waals surface area contributed by atoms with Crippen LogP contribution in [0.5, 0.6) is 0 Å². The van der Waals surface area contributed by atoms with Crippen molar-refractivity contribution in [2.24, 2.45) is 0 Å². The fourth-order valence-corrected chi connectivity index (χ4v) is 3.23. The molecule has 0 saturated carbocycles. The van der Waals surface area contributed by atoms with Crippen LogP contribution in [-0.2, 0) is 0 Å². The van der Waals surface area contributed by atoms with E-state index in [9.17, 15) is 5.11 Å².